The lowest BCUT2D eigenvalue weighted by atomic mass is 9.74. The summed E-state index contributed by atoms with van der Waals surface area (Å²) in [5.41, 5.74) is 1.56. The van der Waals surface area contributed by atoms with Gasteiger partial charge in [-0.15, -0.1) is 0 Å². The Balaban J connectivity index is 1.34. The lowest BCUT2D eigenvalue weighted by Gasteiger charge is -2.36. The van der Waals surface area contributed by atoms with Crippen LogP contribution in [0.4, 0.5) is 17.6 Å². The van der Waals surface area contributed by atoms with Crippen LogP contribution in [0.2, 0.25) is 0 Å². The van der Waals surface area contributed by atoms with E-state index in [1.54, 1.807) is 6.20 Å². The SMILES string of the molecule is CC1(c2cnc(-c3cc(Cc4c(F)c(F)c5[nH]ccc5c4F)ccc3F)[nH]2)CCOc2c(CCC(=O)O)cccc21. The van der Waals surface area contributed by atoms with Crippen LogP contribution in [0.15, 0.2) is 54.9 Å². The van der Waals surface area contributed by atoms with Gasteiger partial charge < -0.3 is 19.8 Å². The normalized spacial score (nSPS) is 16.5. The van der Waals surface area contributed by atoms with Crippen LogP contribution in [0.5, 0.6) is 5.75 Å². The minimum absolute atomic E-state index is 0.0279. The van der Waals surface area contributed by atoms with Crippen molar-refractivity contribution in [3.05, 3.63) is 106 Å². The van der Waals surface area contributed by atoms with Crippen LogP contribution < -0.4 is 4.74 Å². The van der Waals surface area contributed by atoms with Gasteiger partial charge in [0, 0.05) is 52.9 Å². The molecule has 0 saturated carbocycles. The summed E-state index contributed by atoms with van der Waals surface area (Å²) in [4.78, 5) is 21.3. The first kappa shape index (κ1) is 26.6. The predicted molar refractivity (Wildman–Crippen MR) is 144 cm³/mol. The molecular formula is C31H25F4N3O3. The molecule has 6 rings (SSSR count). The summed E-state index contributed by atoms with van der Waals surface area (Å²) < 4.78 is 65.4. The van der Waals surface area contributed by atoms with E-state index in [0.29, 0.717) is 36.5 Å². The minimum Gasteiger partial charge on any atom is -0.493 e. The summed E-state index contributed by atoms with van der Waals surface area (Å²) in [5.74, 6) is -3.96. The molecule has 1 unspecified atom stereocenters. The van der Waals surface area contributed by atoms with Crippen LogP contribution >= 0.6 is 0 Å². The van der Waals surface area contributed by atoms with Gasteiger partial charge in [-0.25, -0.2) is 22.5 Å². The number of carboxylic acid groups (broad SMARTS) is 1. The first-order valence-corrected chi connectivity index (χ1v) is 13.1. The van der Waals surface area contributed by atoms with Crippen LogP contribution in [0.1, 0.15) is 47.7 Å². The first-order valence-electron chi connectivity index (χ1n) is 13.1. The summed E-state index contributed by atoms with van der Waals surface area (Å²) in [6, 6.07) is 11.0. The Morgan fingerprint density at radius 1 is 1.10 bits per heavy atom. The van der Waals surface area contributed by atoms with E-state index >= 15 is 8.78 Å². The van der Waals surface area contributed by atoms with E-state index in [9.17, 15) is 13.6 Å². The molecule has 6 nitrogen and oxygen atoms in total. The number of aliphatic carboxylic acids is 1. The number of H-pyrrole nitrogens is 2. The van der Waals surface area contributed by atoms with Gasteiger partial charge in [0.15, 0.2) is 11.6 Å². The van der Waals surface area contributed by atoms with Crippen molar-refractivity contribution in [1.82, 2.24) is 15.0 Å². The second-order valence-electron chi connectivity index (χ2n) is 10.4. The zero-order valence-corrected chi connectivity index (χ0v) is 22.0. The van der Waals surface area contributed by atoms with E-state index in [0.717, 1.165) is 11.1 Å². The molecule has 0 aliphatic carbocycles. The smallest absolute Gasteiger partial charge is 0.303 e. The zero-order valence-electron chi connectivity index (χ0n) is 22.0. The lowest BCUT2D eigenvalue weighted by molar-refractivity contribution is -0.136. The van der Waals surface area contributed by atoms with Crippen molar-refractivity contribution in [2.24, 2.45) is 0 Å². The van der Waals surface area contributed by atoms with Crippen molar-refractivity contribution in [2.75, 3.05) is 6.61 Å². The fourth-order valence-electron chi connectivity index (χ4n) is 5.60. The lowest BCUT2D eigenvalue weighted by Crippen LogP contribution is -2.32. The predicted octanol–water partition coefficient (Wildman–Crippen LogP) is 6.81. The highest BCUT2D eigenvalue weighted by molar-refractivity contribution is 5.82. The molecule has 0 radical (unpaired) electrons. The maximum atomic E-state index is 15.1. The monoisotopic (exact) mass is 563 g/mol. The van der Waals surface area contributed by atoms with E-state index in [1.807, 2.05) is 25.1 Å². The summed E-state index contributed by atoms with van der Waals surface area (Å²) in [5, 5.41) is 9.07. The first-order chi connectivity index (χ1) is 19.7. The van der Waals surface area contributed by atoms with Gasteiger partial charge >= 0.3 is 5.97 Å². The number of carbonyl (C=O) groups is 1. The average Bonchev–Trinajstić information content (AvgIpc) is 3.65. The molecule has 0 fully saturated rings. The largest absolute Gasteiger partial charge is 0.493 e. The van der Waals surface area contributed by atoms with Gasteiger partial charge in [-0.3, -0.25) is 4.79 Å². The van der Waals surface area contributed by atoms with Gasteiger partial charge in [0.25, 0.3) is 0 Å². The fourth-order valence-corrected chi connectivity index (χ4v) is 5.60. The van der Waals surface area contributed by atoms with Crippen LogP contribution in [0.25, 0.3) is 22.3 Å². The Morgan fingerprint density at radius 2 is 1.93 bits per heavy atom. The number of imidazole rings is 1. The van der Waals surface area contributed by atoms with Crippen molar-refractivity contribution < 1.29 is 32.2 Å². The number of carboxylic acids is 1. The van der Waals surface area contributed by atoms with Gasteiger partial charge in [0.05, 0.1) is 17.7 Å². The third-order valence-electron chi connectivity index (χ3n) is 7.91. The summed E-state index contributed by atoms with van der Waals surface area (Å²) in [6.07, 6.45) is 3.55. The Kier molecular flexibility index (Phi) is 6.56. The van der Waals surface area contributed by atoms with E-state index in [4.69, 9.17) is 9.84 Å². The topological polar surface area (TPSA) is 91.0 Å². The standard InChI is InChI=1S/C31H25F4N3O3/c1-31(10-12-41-29-17(6-8-24(39)40)3-2-4-21(29)31)23-15-37-30(38-23)19-13-16(5-7-22(19)32)14-20-25(33)18-9-11-36-28(18)27(35)26(20)34/h2-5,7,9,11,13,15,36H,6,8,10,12,14H2,1H3,(H,37,38)(H,39,40). The molecule has 0 spiro atoms. The van der Waals surface area contributed by atoms with E-state index in [-0.39, 0.29) is 35.1 Å². The van der Waals surface area contributed by atoms with Crippen LogP contribution in [0.3, 0.4) is 0 Å². The Labute approximate surface area is 232 Å². The highest BCUT2D eigenvalue weighted by Crippen LogP contribution is 2.45. The number of hydrogen-bond donors (Lipinski definition) is 3. The summed E-state index contributed by atoms with van der Waals surface area (Å²) in [7, 11) is 0. The molecule has 3 heterocycles. The third-order valence-corrected chi connectivity index (χ3v) is 7.91. The average molecular weight is 564 g/mol. The maximum absolute atomic E-state index is 15.1. The number of benzene rings is 3. The van der Waals surface area contributed by atoms with Crippen LogP contribution in [-0.4, -0.2) is 32.6 Å². The number of ether oxygens (including phenoxy) is 1. The molecule has 210 valence electrons. The number of nitrogens with zero attached hydrogens (tertiary/aromatic N) is 1. The maximum Gasteiger partial charge on any atom is 0.303 e. The molecule has 1 atom stereocenters. The number of nitrogens with one attached hydrogen (secondary N) is 2. The van der Waals surface area contributed by atoms with Crippen molar-refractivity contribution in [3.8, 4) is 17.1 Å². The number of aromatic nitrogens is 3. The van der Waals surface area contributed by atoms with Crippen molar-refractivity contribution in [1.29, 1.82) is 0 Å². The molecule has 3 N–H and O–H groups in total. The summed E-state index contributed by atoms with van der Waals surface area (Å²) >= 11 is 0. The van der Waals surface area contributed by atoms with Gasteiger partial charge in [0.2, 0.25) is 0 Å². The van der Waals surface area contributed by atoms with Crippen LogP contribution in [0, 0.1) is 23.3 Å². The van der Waals surface area contributed by atoms with Gasteiger partial charge in [0.1, 0.15) is 23.2 Å². The van der Waals surface area contributed by atoms with Gasteiger partial charge in [-0.2, -0.15) is 0 Å². The van der Waals surface area contributed by atoms with Gasteiger partial charge in [-0.05, 0) is 49.1 Å². The molecule has 1 aliphatic heterocycles. The minimum atomic E-state index is -1.29. The van der Waals surface area contributed by atoms with Crippen molar-refractivity contribution in [3.63, 3.8) is 0 Å². The molecule has 0 bridgehead atoms. The van der Waals surface area contributed by atoms with E-state index in [2.05, 4.69) is 15.0 Å². The highest BCUT2D eigenvalue weighted by atomic mass is 19.2. The second kappa shape index (κ2) is 10.1. The van der Waals surface area contributed by atoms with Crippen LogP contribution in [-0.2, 0) is 23.1 Å². The zero-order chi connectivity index (χ0) is 28.9. The fraction of sp³-hybridized carbons (Fsp3) is 0.226. The second-order valence-corrected chi connectivity index (χ2v) is 10.4. The number of para-hydroxylation sites is 1. The number of aromatic amines is 2. The molecule has 0 amide bonds. The molecule has 2 aromatic heterocycles. The molecule has 0 saturated heterocycles. The number of halogens is 4. The molecule has 5 aromatic rings. The summed E-state index contributed by atoms with van der Waals surface area (Å²) in [6.45, 7) is 2.40. The molecule has 3 aromatic carbocycles. The molecular weight excluding hydrogens is 538 g/mol. The van der Waals surface area contributed by atoms with E-state index < -0.39 is 40.2 Å². The Hall–Kier alpha value is -4.60. The van der Waals surface area contributed by atoms with Crippen molar-refractivity contribution in [2.45, 2.75) is 38.0 Å². The Bertz CT molecular complexity index is 1810. The number of aryl methyl sites for hydroxylation is 1. The molecule has 41 heavy (non-hydrogen) atoms. The number of rotatable bonds is 7. The molecule has 1 aliphatic rings. The number of fused-ring (bicyclic) bond motifs is 2. The highest BCUT2D eigenvalue weighted by Gasteiger charge is 2.38. The molecule has 10 heteroatoms. The Morgan fingerprint density at radius 3 is 2.73 bits per heavy atom. The van der Waals surface area contributed by atoms with Gasteiger partial charge in [-0.1, -0.05) is 24.3 Å². The van der Waals surface area contributed by atoms with Crippen molar-refractivity contribution >= 4 is 16.9 Å². The van der Waals surface area contributed by atoms with E-state index in [1.165, 1.54) is 30.5 Å². The third kappa shape index (κ3) is 4.53. The number of hydrogen-bond acceptors (Lipinski definition) is 3. The quantitative estimate of drug-likeness (QED) is 0.150.